The number of amides is 4. The van der Waals surface area contributed by atoms with Gasteiger partial charge in [0.15, 0.2) is 0 Å². The fraction of sp³-hybridized carbons (Fsp3) is 0.750. The number of hydrogen-bond acceptors (Lipinski definition) is 8. The van der Waals surface area contributed by atoms with Gasteiger partial charge in [-0.05, 0) is 51.3 Å². The van der Waals surface area contributed by atoms with Crippen LogP contribution in [0.2, 0.25) is 0 Å². The highest BCUT2D eigenvalue weighted by Crippen LogP contribution is 2.29. The van der Waals surface area contributed by atoms with E-state index in [0.29, 0.717) is 18.5 Å². The number of nitrogens with zero attached hydrogens (tertiary/aromatic N) is 3. The average Bonchev–Trinajstić information content (AvgIpc) is 3.60. The summed E-state index contributed by atoms with van der Waals surface area (Å²) in [5, 5.41) is 16.5. The van der Waals surface area contributed by atoms with Crippen LogP contribution < -0.4 is 10.6 Å². The number of aliphatic hydroxyl groups excluding tert-OH is 1. The molecule has 0 aliphatic carbocycles. The van der Waals surface area contributed by atoms with E-state index in [1.807, 2.05) is 77.0 Å². The molecule has 1 aliphatic heterocycles. The molecule has 0 spiro atoms. The summed E-state index contributed by atoms with van der Waals surface area (Å²) >= 11 is 0. The fourth-order valence-electron chi connectivity index (χ4n) is 7.22. The summed E-state index contributed by atoms with van der Waals surface area (Å²) < 4.78 is 11.8. The van der Waals surface area contributed by atoms with Crippen LogP contribution in [-0.4, -0.2) is 128 Å². The Balaban J connectivity index is 0.00000434. The van der Waals surface area contributed by atoms with Crippen molar-refractivity contribution in [3.05, 3.63) is 35.9 Å². The van der Waals surface area contributed by atoms with Crippen LogP contribution in [0.15, 0.2) is 30.3 Å². The third kappa shape index (κ3) is 13.4. The Bertz CT molecular complexity index is 1210. The number of hydrogen-bond donors (Lipinski definition) is 3. The van der Waals surface area contributed by atoms with Crippen molar-refractivity contribution in [2.75, 3.05) is 48.5 Å². The van der Waals surface area contributed by atoms with Crippen LogP contribution in [0.3, 0.4) is 0 Å². The highest BCUT2D eigenvalue weighted by atomic mass is 16.5. The van der Waals surface area contributed by atoms with Crippen molar-refractivity contribution in [1.29, 1.82) is 0 Å². The van der Waals surface area contributed by atoms with Crippen molar-refractivity contribution in [1.82, 2.24) is 25.3 Å². The van der Waals surface area contributed by atoms with Crippen molar-refractivity contribution >= 4 is 23.6 Å². The number of likely N-dealkylation sites (N-methyl/N-ethyl adjacent to an activating group) is 2. The van der Waals surface area contributed by atoms with Gasteiger partial charge in [-0.15, -0.1) is 0 Å². The SMILES string of the molecule is CCC.CCC(C)[C@@H]([C@@H](CC(=O)N1CCC[C@H]1[C@H](OC)[C@@H](C)C(=O)N[C@H](C)[C@@H](O)c1ccccc1)OC)N(C)C(=O)CNC(=O)C(C(C)C)N(C)C. The first-order chi connectivity index (χ1) is 24.5. The van der Waals surface area contributed by atoms with E-state index in [1.165, 1.54) is 6.42 Å². The van der Waals surface area contributed by atoms with Gasteiger partial charge in [0.1, 0.15) is 0 Å². The van der Waals surface area contributed by atoms with Gasteiger partial charge < -0.3 is 35.0 Å². The number of benzene rings is 1. The Morgan fingerprint density at radius 2 is 1.54 bits per heavy atom. The van der Waals surface area contributed by atoms with Crippen LogP contribution in [0, 0.1) is 17.8 Å². The zero-order chi connectivity index (χ0) is 39.7. The minimum Gasteiger partial charge on any atom is -0.386 e. The highest BCUT2D eigenvalue weighted by Gasteiger charge is 2.42. The van der Waals surface area contributed by atoms with E-state index in [2.05, 4.69) is 24.5 Å². The lowest BCUT2D eigenvalue weighted by Crippen LogP contribution is -2.55. The monoisotopic (exact) mass is 734 g/mol. The first-order valence-electron chi connectivity index (χ1n) is 19.1. The Hall–Kier alpha value is -3.06. The summed E-state index contributed by atoms with van der Waals surface area (Å²) in [5.41, 5.74) is 0.711. The summed E-state index contributed by atoms with van der Waals surface area (Å²) in [4.78, 5) is 58.9. The molecule has 9 atom stereocenters. The molecule has 4 amide bonds. The molecule has 1 aromatic rings. The zero-order valence-electron chi connectivity index (χ0n) is 34.3. The summed E-state index contributed by atoms with van der Waals surface area (Å²) in [6.07, 6.45) is 1.45. The molecule has 298 valence electrons. The second-order valence-corrected chi connectivity index (χ2v) is 14.9. The zero-order valence-corrected chi connectivity index (χ0v) is 34.3. The van der Waals surface area contributed by atoms with E-state index < -0.39 is 36.3 Å². The molecule has 2 rings (SSSR count). The van der Waals surface area contributed by atoms with Crippen molar-refractivity contribution in [3.63, 3.8) is 0 Å². The minimum absolute atomic E-state index is 0.00522. The molecule has 12 heteroatoms. The predicted molar refractivity (Wildman–Crippen MR) is 206 cm³/mol. The summed E-state index contributed by atoms with van der Waals surface area (Å²) in [5.74, 6) is -1.40. The Kier molecular flexibility index (Phi) is 21.3. The van der Waals surface area contributed by atoms with Gasteiger partial charge in [0.25, 0.3) is 0 Å². The van der Waals surface area contributed by atoms with E-state index in [9.17, 15) is 24.3 Å². The summed E-state index contributed by atoms with van der Waals surface area (Å²) in [6, 6.07) is 7.54. The standard InChI is InChI=1S/C37H63N5O7.C3H8/c1-12-24(4)33(41(9)31(44)22-38-37(47)32(23(2)3)40(7)8)29(48-10)21-30(43)42-20-16-19-28(42)35(49-11)25(5)36(46)39-26(6)34(45)27-17-14-13-15-18-27;1-3-2/h13-15,17-18,23-26,28-29,32-35,45H,12,16,19-22H2,1-11H3,(H,38,47)(H,39,46);3H2,1-2H3/t24?,25-,26-,28+,29-,32?,33+,34-,35-;/m1./s1. The van der Waals surface area contributed by atoms with Crippen LogP contribution in [0.5, 0.6) is 0 Å². The molecule has 1 saturated heterocycles. The van der Waals surface area contributed by atoms with Gasteiger partial charge in [-0.2, -0.15) is 0 Å². The lowest BCUT2D eigenvalue weighted by Gasteiger charge is -2.39. The summed E-state index contributed by atoms with van der Waals surface area (Å²) in [7, 11) is 8.48. The molecule has 1 aliphatic rings. The van der Waals surface area contributed by atoms with Crippen LogP contribution in [0.1, 0.15) is 99.2 Å². The van der Waals surface area contributed by atoms with E-state index in [1.54, 1.807) is 44.9 Å². The van der Waals surface area contributed by atoms with Gasteiger partial charge in [0.05, 0.1) is 61.4 Å². The lowest BCUT2D eigenvalue weighted by molar-refractivity contribution is -0.146. The highest BCUT2D eigenvalue weighted by molar-refractivity contribution is 5.87. The molecular weight excluding hydrogens is 662 g/mol. The number of carbonyl (C=O) groups excluding carboxylic acids is 4. The van der Waals surface area contributed by atoms with Gasteiger partial charge in [0.2, 0.25) is 23.6 Å². The molecular formula is C40H71N5O7. The smallest absolute Gasteiger partial charge is 0.242 e. The second-order valence-electron chi connectivity index (χ2n) is 14.9. The molecule has 0 bridgehead atoms. The van der Waals surface area contributed by atoms with E-state index in [-0.39, 0.29) is 60.5 Å². The Morgan fingerprint density at radius 1 is 0.942 bits per heavy atom. The van der Waals surface area contributed by atoms with Crippen molar-refractivity contribution in [2.45, 2.75) is 130 Å². The topological polar surface area (TPSA) is 141 Å². The quantitative estimate of drug-likeness (QED) is 0.192. The largest absolute Gasteiger partial charge is 0.386 e. The van der Waals surface area contributed by atoms with Crippen LogP contribution in [0.4, 0.5) is 0 Å². The van der Waals surface area contributed by atoms with Gasteiger partial charge in [0, 0.05) is 27.8 Å². The number of carbonyl (C=O) groups is 4. The van der Waals surface area contributed by atoms with Crippen LogP contribution >= 0.6 is 0 Å². The van der Waals surface area contributed by atoms with Crippen LogP contribution in [0.25, 0.3) is 0 Å². The molecule has 0 aromatic heterocycles. The Morgan fingerprint density at radius 3 is 2.04 bits per heavy atom. The van der Waals surface area contributed by atoms with Crippen molar-refractivity contribution in [3.8, 4) is 0 Å². The van der Waals surface area contributed by atoms with E-state index in [4.69, 9.17) is 9.47 Å². The Labute approximate surface area is 314 Å². The minimum atomic E-state index is -0.872. The third-order valence-electron chi connectivity index (χ3n) is 10.2. The number of nitrogens with one attached hydrogen (secondary N) is 2. The number of methoxy groups -OCH3 is 2. The molecule has 3 N–H and O–H groups in total. The van der Waals surface area contributed by atoms with Crippen molar-refractivity contribution < 1.29 is 33.8 Å². The number of ether oxygens (including phenoxy) is 2. The third-order valence-corrected chi connectivity index (χ3v) is 10.2. The van der Waals surface area contributed by atoms with Crippen LogP contribution in [-0.2, 0) is 28.7 Å². The normalized spacial score (nSPS) is 19.0. The average molecular weight is 734 g/mol. The van der Waals surface area contributed by atoms with Gasteiger partial charge >= 0.3 is 0 Å². The maximum Gasteiger partial charge on any atom is 0.242 e. The number of rotatable bonds is 19. The lowest BCUT2D eigenvalue weighted by atomic mass is 9.90. The molecule has 12 nitrogen and oxygen atoms in total. The first kappa shape index (κ1) is 47.0. The number of aliphatic hydroxyl groups is 1. The molecule has 1 aromatic carbocycles. The van der Waals surface area contributed by atoms with Gasteiger partial charge in [-0.3, -0.25) is 24.1 Å². The molecule has 1 fully saturated rings. The number of likely N-dealkylation sites (tertiary alicyclic amines) is 1. The summed E-state index contributed by atoms with van der Waals surface area (Å²) in [6.45, 7) is 16.1. The molecule has 52 heavy (non-hydrogen) atoms. The first-order valence-corrected chi connectivity index (χ1v) is 19.1. The van der Waals surface area contributed by atoms with Crippen molar-refractivity contribution in [2.24, 2.45) is 17.8 Å². The maximum absolute atomic E-state index is 14.0. The second kappa shape index (κ2) is 23.6. The van der Waals surface area contributed by atoms with Gasteiger partial charge in [-0.25, -0.2) is 0 Å². The van der Waals surface area contributed by atoms with Gasteiger partial charge in [-0.1, -0.05) is 91.6 Å². The predicted octanol–water partition coefficient (Wildman–Crippen LogP) is 4.26. The maximum atomic E-state index is 14.0. The molecule has 1 heterocycles. The molecule has 0 radical (unpaired) electrons. The van der Waals surface area contributed by atoms with E-state index in [0.717, 1.165) is 12.8 Å². The molecule has 2 unspecified atom stereocenters. The van der Waals surface area contributed by atoms with E-state index >= 15 is 0 Å². The molecule has 0 saturated carbocycles. The fourth-order valence-corrected chi connectivity index (χ4v) is 7.22.